The predicted octanol–water partition coefficient (Wildman–Crippen LogP) is 3.12. The molecule has 1 aliphatic heterocycles. The first-order valence-electron chi connectivity index (χ1n) is 8.31. The summed E-state index contributed by atoms with van der Waals surface area (Å²) in [4.78, 5) is 26.8. The maximum absolute atomic E-state index is 13.5. The number of rotatable bonds is 3. The molecular formula is C19H16ClFN2O3S. The van der Waals surface area contributed by atoms with Gasteiger partial charge in [0.25, 0.3) is 5.56 Å². The molecule has 0 bridgehead atoms. The van der Waals surface area contributed by atoms with Crippen LogP contribution < -0.4 is 5.56 Å². The van der Waals surface area contributed by atoms with Crippen LogP contribution in [0.25, 0.3) is 21.2 Å². The number of thiophene rings is 1. The fraction of sp³-hybridized carbons (Fsp3) is 0.263. The zero-order valence-corrected chi connectivity index (χ0v) is 16.0. The zero-order chi connectivity index (χ0) is 19.3. The highest BCUT2D eigenvalue weighted by Crippen LogP contribution is 2.33. The summed E-state index contributed by atoms with van der Waals surface area (Å²) in [5.41, 5.74) is 0.167. The number of nitrogens with zero attached hydrogens (tertiary/aromatic N) is 2. The van der Waals surface area contributed by atoms with Crippen LogP contribution in [0.3, 0.4) is 0 Å². The number of amides is 1. The van der Waals surface area contributed by atoms with E-state index in [0.29, 0.717) is 16.5 Å². The molecule has 0 unspecified atom stereocenters. The van der Waals surface area contributed by atoms with Crippen molar-refractivity contribution in [2.45, 2.75) is 19.1 Å². The van der Waals surface area contributed by atoms with E-state index in [1.165, 1.54) is 32.9 Å². The van der Waals surface area contributed by atoms with Gasteiger partial charge in [-0.05, 0) is 30.7 Å². The Kier molecular flexibility index (Phi) is 4.33. The van der Waals surface area contributed by atoms with Gasteiger partial charge in [0, 0.05) is 21.8 Å². The Morgan fingerprint density at radius 3 is 2.78 bits per heavy atom. The van der Waals surface area contributed by atoms with Crippen LogP contribution in [0.15, 0.2) is 40.6 Å². The van der Waals surface area contributed by atoms with Crippen LogP contribution in [0.4, 0.5) is 4.39 Å². The summed E-state index contributed by atoms with van der Waals surface area (Å²) < 4.78 is 15.6. The van der Waals surface area contributed by atoms with Crippen LogP contribution >= 0.6 is 22.9 Å². The molecule has 0 spiro atoms. The number of β-amino-alcohol motifs (C(OH)–C–C–N with tert-alkyl or cyclic N) is 1. The van der Waals surface area contributed by atoms with Crippen LogP contribution in [-0.2, 0) is 11.3 Å². The minimum atomic E-state index is -0.854. The van der Waals surface area contributed by atoms with E-state index in [1.807, 2.05) is 5.38 Å². The van der Waals surface area contributed by atoms with Crippen molar-refractivity contribution in [2.24, 2.45) is 0 Å². The van der Waals surface area contributed by atoms with Crippen molar-refractivity contribution in [1.82, 2.24) is 9.47 Å². The van der Waals surface area contributed by atoms with Crippen LogP contribution in [0, 0.1) is 5.82 Å². The Balaban J connectivity index is 1.70. The first-order chi connectivity index (χ1) is 12.7. The molecule has 1 aromatic carbocycles. The number of halogens is 2. The number of aliphatic hydroxyl groups is 1. The van der Waals surface area contributed by atoms with E-state index < -0.39 is 11.4 Å². The van der Waals surface area contributed by atoms with Crippen molar-refractivity contribution in [3.8, 4) is 11.1 Å². The molecule has 27 heavy (non-hydrogen) atoms. The van der Waals surface area contributed by atoms with Gasteiger partial charge < -0.3 is 14.6 Å². The Bertz CT molecular complexity index is 1110. The fourth-order valence-corrected chi connectivity index (χ4v) is 4.42. The van der Waals surface area contributed by atoms with Gasteiger partial charge in [0.2, 0.25) is 5.91 Å². The van der Waals surface area contributed by atoms with Gasteiger partial charge >= 0.3 is 0 Å². The van der Waals surface area contributed by atoms with Gasteiger partial charge in [-0.3, -0.25) is 9.59 Å². The maximum Gasteiger partial charge on any atom is 0.260 e. The SMILES string of the molecule is CC1(O)CN(C(=O)Cn2ccc3scc(-c4ccc(F)c(Cl)c4)c3c2=O)C1. The monoisotopic (exact) mass is 406 g/mol. The molecule has 2 aromatic heterocycles. The molecule has 3 heterocycles. The number of carbonyl (C=O) groups excluding carboxylic acids is 1. The number of likely N-dealkylation sites (tertiary alicyclic amines) is 1. The Labute approximate surface area is 163 Å². The second kappa shape index (κ2) is 6.44. The molecule has 1 N–H and O–H groups in total. The van der Waals surface area contributed by atoms with Crippen LogP contribution in [-0.4, -0.2) is 39.2 Å². The molecule has 0 aliphatic carbocycles. The molecule has 5 nitrogen and oxygen atoms in total. The third kappa shape index (κ3) is 3.26. The van der Waals surface area contributed by atoms with Crippen LogP contribution in [0.5, 0.6) is 0 Å². The summed E-state index contributed by atoms with van der Waals surface area (Å²) >= 11 is 7.28. The summed E-state index contributed by atoms with van der Waals surface area (Å²) in [6.45, 7) is 2.10. The van der Waals surface area contributed by atoms with Gasteiger partial charge in [-0.2, -0.15) is 0 Å². The number of pyridine rings is 1. The lowest BCUT2D eigenvalue weighted by molar-refractivity contribution is -0.152. The highest BCUT2D eigenvalue weighted by Gasteiger charge is 2.39. The first-order valence-corrected chi connectivity index (χ1v) is 9.57. The molecule has 4 rings (SSSR count). The molecule has 1 fully saturated rings. The second-order valence-corrected chi connectivity index (χ2v) is 8.33. The number of hydrogen-bond acceptors (Lipinski definition) is 4. The third-order valence-corrected chi connectivity index (χ3v) is 5.89. The average Bonchev–Trinajstić information content (AvgIpc) is 3.02. The lowest BCUT2D eigenvalue weighted by Crippen LogP contribution is -2.62. The number of hydrogen-bond donors (Lipinski definition) is 1. The second-order valence-electron chi connectivity index (χ2n) is 7.01. The molecule has 1 amide bonds. The zero-order valence-electron chi connectivity index (χ0n) is 14.4. The van der Waals surface area contributed by atoms with E-state index in [0.717, 1.165) is 4.70 Å². The average molecular weight is 407 g/mol. The van der Waals surface area contributed by atoms with Crippen molar-refractivity contribution in [3.05, 3.63) is 57.0 Å². The normalized spacial score (nSPS) is 15.8. The largest absolute Gasteiger partial charge is 0.386 e. The third-order valence-electron chi connectivity index (χ3n) is 4.65. The minimum Gasteiger partial charge on any atom is -0.386 e. The van der Waals surface area contributed by atoms with Crippen molar-refractivity contribution in [3.63, 3.8) is 0 Å². The van der Waals surface area contributed by atoms with E-state index >= 15 is 0 Å². The molecule has 3 aromatic rings. The van der Waals surface area contributed by atoms with E-state index in [1.54, 1.807) is 25.3 Å². The van der Waals surface area contributed by atoms with Gasteiger partial charge in [0.05, 0.1) is 29.1 Å². The minimum absolute atomic E-state index is 0.0110. The molecule has 8 heteroatoms. The summed E-state index contributed by atoms with van der Waals surface area (Å²) in [6, 6.07) is 6.12. The van der Waals surface area contributed by atoms with Gasteiger partial charge in [0.1, 0.15) is 12.4 Å². The molecule has 0 atom stereocenters. The Morgan fingerprint density at radius 2 is 2.11 bits per heavy atom. The molecule has 0 saturated carbocycles. The van der Waals surface area contributed by atoms with E-state index in [4.69, 9.17) is 11.6 Å². The highest BCUT2D eigenvalue weighted by atomic mass is 35.5. The number of carbonyl (C=O) groups is 1. The Hall–Kier alpha value is -2.22. The van der Waals surface area contributed by atoms with E-state index in [9.17, 15) is 19.1 Å². The molecule has 140 valence electrons. The standard InChI is InChI=1S/C19H16ClFN2O3S/c1-19(26)9-23(10-19)16(24)7-22-5-4-15-17(18(22)25)12(8-27-15)11-2-3-14(21)13(20)6-11/h2-6,8,26H,7,9-10H2,1H3. The molecule has 1 aliphatic rings. The van der Waals surface area contributed by atoms with Gasteiger partial charge in [-0.1, -0.05) is 17.7 Å². The quantitative estimate of drug-likeness (QED) is 0.727. The van der Waals surface area contributed by atoms with Crippen molar-refractivity contribution in [2.75, 3.05) is 13.1 Å². The smallest absolute Gasteiger partial charge is 0.260 e. The topological polar surface area (TPSA) is 62.5 Å². The van der Waals surface area contributed by atoms with Gasteiger partial charge in [0.15, 0.2) is 0 Å². The number of aromatic nitrogens is 1. The maximum atomic E-state index is 13.5. The molecular weight excluding hydrogens is 391 g/mol. The number of benzene rings is 1. The Morgan fingerprint density at radius 1 is 1.37 bits per heavy atom. The summed E-state index contributed by atoms with van der Waals surface area (Å²) in [5, 5.41) is 12.1. The van der Waals surface area contributed by atoms with Crippen molar-refractivity contribution < 1.29 is 14.3 Å². The fourth-order valence-electron chi connectivity index (χ4n) is 3.28. The van der Waals surface area contributed by atoms with E-state index in [-0.39, 0.29) is 36.1 Å². The van der Waals surface area contributed by atoms with Crippen LogP contribution in [0.2, 0.25) is 5.02 Å². The van der Waals surface area contributed by atoms with Crippen LogP contribution in [0.1, 0.15) is 6.92 Å². The first kappa shape index (κ1) is 18.2. The molecule has 1 saturated heterocycles. The van der Waals surface area contributed by atoms with Gasteiger partial charge in [-0.15, -0.1) is 11.3 Å². The van der Waals surface area contributed by atoms with Crippen molar-refractivity contribution in [1.29, 1.82) is 0 Å². The highest BCUT2D eigenvalue weighted by molar-refractivity contribution is 7.17. The van der Waals surface area contributed by atoms with Crippen molar-refractivity contribution >= 4 is 38.9 Å². The predicted molar refractivity (Wildman–Crippen MR) is 104 cm³/mol. The summed E-state index contributed by atoms with van der Waals surface area (Å²) in [6.07, 6.45) is 1.60. The lowest BCUT2D eigenvalue weighted by atomic mass is 9.97. The lowest BCUT2D eigenvalue weighted by Gasteiger charge is -2.44. The summed E-state index contributed by atoms with van der Waals surface area (Å²) in [5.74, 6) is -0.738. The van der Waals surface area contributed by atoms with Gasteiger partial charge in [-0.25, -0.2) is 4.39 Å². The van der Waals surface area contributed by atoms with E-state index in [2.05, 4.69) is 0 Å². The molecule has 0 radical (unpaired) electrons. The number of fused-ring (bicyclic) bond motifs is 1. The summed E-state index contributed by atoms with van der Waals surface area (Å²) in [7, 11) is 0.